The summed E-state index contributed by atoms with van der Waals surface area (Å²) in [7, 11) is 1.46. The Morgan fingerprint density at radius 3 is 2.31 bits per heavy atom. The second kappa shape index (κ2) is 9.55. The monoisotopic (exact) mass is 494 g/mol. The fourth-order valence-corrected chi connectivity index (χ4v) is 3.31. The van der Waals surface area contributed by atoms with E-state index in [2.05, 4.69) is 0 Å². The number of halogens is 3. The van der Waals surface area contributed by atoms with Crippen LogP contribution in [0.3, 0.4) is 0 Å². The van der Waals surface area contributed by atoms with Crippen LogP contribution in [0.15, 0.2) is 36.4 Å². The molecule has 0 saturated heterocycles. The first-order chi connectivity index (χ1) is 16.2. The van der Waals surface area contributed by atoms with Crippen LogP contribution in [0.2, 0.25) is 0 Å². The molecule has 1 fully saturated rings. The lowest BCUT2D eigenvalue weighted by molar-refractivity contribution is -0.384. The van der Waals surface area contributed by atoms with E-state index in [1.165, 1.54) is 24.1 Å². The molecule has 1 aliphatic carbocycles. The highest BCUT2D eigenvalue weighted by molar-refractivity contribution is 5.98. The van der Waals surface area contributed by atoms with Crippen molar-refractivity contribution >= 4 is 23.3 Å². The Hall–Kier alpha value is -3.63. The van der Waals surface area contributed by atoms with E-state index in [0.717, 1.165) is 31.0 Å². The van der Waals surface area contributed by atoms with E-state index in [0.29, 0.717) is 6.07 Å². The number of nitro groups is 1. The SMILES string of the molecule is CN(C(=O)C1CC1)c1ccc(OCc2ccc(C(F)(F)F)cc2C(=O)OC(C)(C)C)cc1[N+](=O)[O-]. The smallest absolute Gasteiger partial charge is 0.416 e. The van der Waals surface area contributed by atoms with Crippen molar-refractivity contribution in [1.29, 1.82) is 0 Å². The second-order valence-corrected chi connectivity index (χ2v) is 9.24. The Kier molecular flexibility index (Phi) is 7.09. The van der Waals surface area contributed by atoms with Crippen molar-refractivity contribution in [2.24, 2.45) is 5.92 Å². The predicted octanol–water partition coefficient (Wildman–Crippen LogP) is 5.52. The molecule has 1 aliphatic rings. The Morgan fingerprint density at radius 2 is 1.77 bits per heavy atom. The molecular formula is C24H25F3N2O6. The molecule has 0 heterocycles. The van der Waals surface area contributed by atoms with Gasteiger partial charge in [0.05, 0.1) is 22.1 Å². The summed E-state index contributed by atoms with van der Waals surface area (Å²) in [4.78, 5) is 37.1. The molecule has 0 unspecified atom stereocenters. The van der Waals surface area contributed by atoms with E-state index in [1.807, 2.05) is 0 Å². The van der Waals surface area contributed by atoms with Gasteiger partial charge in [-0.15, -0.1) is 0 Å². The normalized spacial score (nSPS) is 13.8. The highest BCUT2D eigenvalue weighted by atomic mass is 19.4. The van der Waals surface area contributed by atoms with Crippen molar-refractivity contribution in [3.8, 4) is 5.75 Å². The lowest BCUT2D eigenvalue weighted by atomic mass is 10.0. The van der Waals surface area contributed by atoms with Crippen LogP contribution < -0.4 is 9.64 Å². The molecule has 1 amide bonds. The minimum absolute atomic E-state index is 0.0442. The number of amides is 1. The zero-order valence-electron chi connectivity index (χ0n) is 19.6. The van der Waals surface area contributed by atoms with Crippen molar-refractivity contribution in [1.82, 2.24) is 0 Å². The first-order valence-corrected chi connectivity index (χ1v) is 10.8. The molecule has 8 nitrogen and oxygen atoms in total. The van der Waals surface area contributed by atoms with Gasteiger partial charge in [0, 0.05) is 18.5 Å². The first kappa shape index (κ1) is 26.0. The fraction of sp³-hybridized carbons (Fsp3) is 0.417. The number of hydrogen-bond acceptors (Lipinski definition) is 6. The maximum atomic E-state index is 13.2. The molecule has 2 aromatic carbocycles. The van der Waals surface area contributed by atoms with Crippen LogP contribution in [-0.4, -0.2) is 29.4 Å². The third kappa shape index (κ3) is 6.49. The largest absolute Gasteiger partial charge is 0.489 e. The van der Waals surface area contributed by atoms with Gasteiger partial charge in [0.2, 0.25) is 5.91 Å². The Bertz CT molecular complexity index is 1150. The topological polar surface area (TPSA) is 99.0 Å². The quantitative estimate of drug-likeness (QED) is 0.286. The van der Waals surface area contributed by atoms with E-state index in [-0.39, 0.29) is 46.7 Å². The summed E-state index contributed by atoms with van der Waals surface area (Å²) in [5.41, 5.74) is -2.44. The summed E-state index contributed by atoms with van der Waals surface area (Å²) in [5.74, 6) is -1.26. The lowest BCUT2D eigenvalue weighted by Gasteiger charge is -2.21. The molecule has 0 atom stereocenters. The molecule has 0 N–H and O–H groups in total. The van der Waals surface area contributed by atoms with Crippen LogP contribution >= 0.6 is 0 Å². The molecule has 11 heteroatoms. The van der Waals surface area contributed by atoms with Gasteiger partial charge < -0.3 is 14.4 Å². The third-order valence-electron chi connectivity index (χ3n) is 5.21. The molecule has 35 heavy (non-hydrogen) atoms. The van der Waals surface area contributed by atoms with E-state index < -0.39 is 28.2 Å². The number of nitrogens with zero attached hydrogens (tertiary/aromatic N) is 2. The summed E-state index contributed by atoms with van der Waals surface area (Å²) >= 11 is 0. The van der Waals surface area contributed by atoms with Gasteiger partial charge in [0.25, 0.3) is 5.69 Å². The standard InChI is InChI=1S/C24H25F3N2O6/c1-23(2,3)35-22(31)18-11-16(24(25,26)27)8-7-15(18)13-34-17-9-10-19(20(12-17)29(32)33)28(4)21(30)14-5-6-14/h7-12,14H,5-6,13H2,1-4H3. The summed E-state index contributed by atoms with van der Waals surface area (Å²) in [6.45, 7) is 4.40. The number of rotatable bonds is 7. The number of hydrogen-bond donors (Lipinski definition) is 0. The van der Waals surface area contributed by atoms with Gasteiger partial charge in [-0.25, -0.2) is 4.79 Å². The summed E-state index contributed by atoms with van der Waals surface area (Å²) in [5, 5.41) is 11.6. The first-order valence-electron chi connectivity index (χ1n) is 10.8. The number of ether oxygens (including phenoxy) is 2. The number of carbonyl (C=O) groups excluding carboxylic acids is 2. The summed E-state index contributed by atoms with van der Waals surface area (Å²) in [6.07, 6.45) is -3.19. The summed E-state index contributed by atoms with van der Waals surface area (Å²) in [6, 6.07) is 6.52. The van der Waals surface area contributed by atoms with Gasteiger partial charge in [-0.3, -0.25) is 14.9 Å². The van der Waals surface area contributed by atoms with Gasteiger partial charge in [0.15, 0.2) is 0 Å². The zero-order valence-corrected chi connectivity index (χ0v) is 19.6. The minimum atomic E-state index is -4.67. The predicted molar refractivity (Wildman–Crippen MR) is 120 cm³/mol. The van der Waals surface area contributed by atoms with Crippen LogP contribution in [0.25, 0.3) is 0 Å². The number of alkyl halides is 3. The van der Waals surface area contributed by atoms with Gasteiger partial charge in [-0.05, 0) is 57.9 Å². The molecule has 0 spiro atoms. The van der Waals surface area contributed by atoms with E-state index in [9.17, 15) is 32.9 Å². The molecule has 0 aliphatic heterocycles. The maximum Gasteiger partial charge on any atom is 0.416 e. The van der Waals surface area contributed by atoms with Crippen LogP contribution in [0, 0.1) is 16.0 Å². The van der Waals surface area contributed by atoms with Crippen LogP contribution in [0.4, 0.5) is 24.5 Å². The molecular weight excluding hydrogens is 469 g/mol. The fourth-order valence-electron chi connectivity index (χ4n) is 3.31. The van der Waals surface area contributed by atoms with Crippen molar-refractivity contribution in [2.45, 2.75) is 52.0 Å². The van der Waals surface area contributed by atoms with Crippen molar-refractivity contribution < 1.29 is 37.2 Å². The summed E-state index contributed by atoms with van der Waals surface area (Å²) < 4.78 is 50.5. The van der Waals surface area contributed by atoms with Gasteiger partial charge in [0.1, 0.15) is 23.6 Å². The lowest BCUT2D eigenvalue weighted by Crippen LogP contribution is -2.28. The number of esters is 1. The molecule has 2 aromatic rings. The molecule has 3 rings (SSSR count). The number of benzene rings is 2. The Morgan fingerprint density at radius 1 is 1.11 bits per heavy atom. The highest BCUT2D eigenvalue weighted by Crippen LogP contribution is 2.37. The average Bonchev–Trinajstić information content (AvgIpc) is 3.60. The molecule has 1 saturated carbocycles. The van der Waals surface area contributed by atoms with Crippen molar-refractivity contribution in [2.75, 3.05) is 11.9 Å². The van der Waals surface area contributed by atoms with E-state index >= 15 is 0 Å². The number of carbonyl (C=O) groups is 2. The molecule has 0 aromatic heterocycles. The maximum absolute atomic E-state index is 13.2. The molecule has 188 valence electrons. The van der Waals surface area contributed by atoms with Gasteiger partial charge in [-0.2, -0.15) is 13.2 Å². The van der Waals surface area contributed by atoms with Crippen molar-refractivity contribution in [3.05, 3.63) is 63.2 Å². The van der Waals surface area contributed by atoms with Gasteiger partial charge in [-0.1, -0.05) is 6.07 Å². The third-order valence-corrected chi connectivity index (χ3v) is 5.21. The molecule has 0 radical (unpaired) electrons. The van der Waals surface area contributed by atoms with E-state index in [4.69, 9.17) is 9.47 Å². The molecule has 0 bridgehead atoms. The minimum Gasteiger partial charge on any atom is -0.489 e. The van der Waals surface area contributed by atoms with Crippen LogP contribution in [0.5, 0.6) is 5.75 Å². The number of nitro benzene ring substituents is 1. The zero-order chi connectivity index (χ0) is 26.1. The highest BCUT2D eigenvalue weighted by Gasteiger charge is 2.35. The second-order valence-electron chi connectivity index (χ2n) is 9.24. The van der Waals surface area contributed by atoms with Crippen molar-refractivity contribution in [3.63, 3.8) is 0 Å². The Balaban J connectivity index is 1.87. The number of anilines is 1. The van der Waals surface area contributed by atoms with Gasteiger partial charge >= 0.3 is 12.1 Å². The van der Waals surface area contributed by atoms with Crippen LogP contribution in [-0.2, 0) is 22.3 Å². The average molecular weight is 494 g/mol. The van der Waals surface area contributed by atoms with Crippen LogP contribution in [0.1, 0.15) is 55.1 Å². The van der Waals surface area contributed by atoms with E-state index in [1.54, 1.807) is 20.8 Å². The Labute approximate surface area is 199 Å².